The molecule has 1 heteroatoms. The van der Waals surface area contributed by atoms with Crippen molar-refractivity contribution in [1.29, 1.82) is 0 Å². The normalized spacial score (nSPS) is 23.5. The Morgan fingerprint density at radius 3 is 2.17 bits per heavy atom. The fourth-order valence-corrected chi connectivity index (χ4v) is 0.604. The molecule has 1 radical (unpaired) electrons. The molecular formula is C5H10N. The SMILES string of the molecule is CN[C]1CCC1. The molecule has 1 N–H and O–H groups in total. The highest BCUT2D eigenvalue weighted by Gasteiger charge is 2.14. The summed E-state index contributed by atoms with van der Waals surface area (Å²) in [5.41, 5.74) is 0. The van der Waals surface area contributed by atoms with Gasteiger partial charge in [-0.05, 0) is 26.3 Å². The maximum atomic E-state index is 3.12. The predicted molar refractivity (Wildman–Crippen MR) is 26.2 cm³/mol. The summed E-state index contributed by atoms with van der Waals surface area (Å²) in [5, 5.41) is 3.12. The Balaban J connectivity index is 2.01. The number of rotatable bonds is 1. The van der Waals surface area contributed by atoms with Crippen LogP contribution < -0.4 is 5.32 Å². The molecule has 0 bridgehead atoms. The Bertz CT molecular complexity index is 36.4. The van der Waals surface area contributed by atoms with Crippen molar-refractivity contribution in [2.75, 3.05) is 7.05 Å². The lowest BCUT2D eigenvalue weighted by Crippen LogP contribution is -2.22. The lowest BCUT2D eigenvalue weighted by atomic mass is 9.94. The van der Waals surface area contributed by atoms with E-state index in [0.717, 1.165) is 0 Å². The maximum Gasteiger partial charge on any atom is 0.0361 e. The van der Waals surface area contributed by atoms with E-state index in [1.54, 1.807) is 0 Å². The van der Waals surface area contributed by atoms with Gasteiger partial charge in [0.2, 0.25) is 0 Å². The second kappa shape index (κ2) is 1.61. The number of hydrogen-bond donors (Lipinski definition) is 1. The average Bonchev–Trinajstić information content (AvgIpc) is 1.31. The standard InChI is InChI=1S/C5H10N/c1-6-5-3-2-4-5/h6H,2-4H2,1H3. The van der Waals surface area contributed by atoms with Crippen molar-refractivity contribution in [3.05, 3.63) is 6.04 Å². The fourth-order valence-electron chi connectivity index (χ4n) is 0.604. The first-order valence-corrected chi connectivity index (χ1v) is 2.46. The van der Waals surface area contributed by atoms with Crippen LogP contribution in [-0.2, 0) is 0 Å². The van der Waals surface area contributed by atoms with Crippen LogP contribution in [0, 0.1) is 6.04 Å². The minimum atomic E-state index is 1.32. The Kier molecular flexibility index (Phi) is 1.10. The van der Waals surface area contributed by atoms with E-state index < -0.39 is 0 Å². The van der Waals surface area contributed by atoms with Gasteiger partial charge in [-0.3, -0.25) is 0 Å². The molecule has 0 heterocycles. The van der Waals surface area contributed by atoms with E-state index in [1.807, 2.05) is 7.05 Å². The van der Waals surface area contributed by atoms with E-state index in [0.29, 0.717) is 0 Å². The van der Waals surface area contributed by atoms with E-state index in [2.05, 4.69) is 5.32 Å². The maximum absolute atomic E-state index is 3.12. The van der Waals surface area contributed by atoms with Crippen LogP contribution in [-0.4, -0.2) is 7.05 Å². The smallest absolute Gasteiger partial charge is 0.0361 e. The van der Waals surface area contributed by atoms with Crippen molar-refractivity contribution in [2.45, 2.75) is 19.3 Å². The molecule has 0 aliphatic heterocycles. The molecule has 1 aliphatic rings. The molecule has 0 aromatic heterocycles. The van der Waals surface area contributed by atoms with E-state index in [-0.39, 0.29) is 0 Å². The first-order valence-electron chi connectivity index (χ1n) is 2.46. The van der Waals surface area contributed by atoms with Crippen molar-refractivity contribution in [3.8, 4) is 0 Å². The van der Waals surface area contributed by atoms with Gasteiger partial charge in [-0.1, -0.05) is 0 Å². The van der Waals surface area contributed by atoms with Crippen molar-refractivity contribution in [1.82, 2.24) is 5.32 Å². The summed E-state index contributed by atoms with van der Waals surface area (Å²) >= 11 is 0. The van der Waals surface area contributed by atoms with E-state index in [4.69, 9.17) is 0 Å². The first-order chi connectivity index (χ1) is 2.93. The van der Waals surface area contributed by atoms with Gasteiger partial charge in [0.25, 0.3) is 0 Å². The quantitative estimate of drug-likeness (QED) is 0.498. The van der Waals surface area contributed by atoms with Crippen LogP contribution in [0.15, 0.2) is 0 Å². The summed E-state index contributed by atoms with van der Waals surface area (Å²) in [6.45, 7) is 0. The van der Waals surface area contributed by atoms with Gasteiger partial charge in [-0.15, -0.1) is 0 Å². The van der Waals surface area contributed by atoms with Gasteiger partial charge < -0.3 is 5.32 Å². The third-order valence-electron chi connectivity index (χ3n) is 1.31. The van der Waals surface area contributed by atoms with Gasteiger partial charge in [-0.25, -0.2) is 0 Å². The van der Waals surface area contributed by atoms with E-state index in [1.165, 1.54) is 25.3 Å². The van der Waals surface area contributed by atoms with E-state index in [9.17, 15) is 0 Å². The van der Waals surface area contributed by atoms with Crippen LogP contribution in [0.3, 0.4) is 0 Å². The molecule has 1 rings (SSSR count). The van der Waals surface area contributed by atoms with Crippen molar-refractivity contribution < 1.29 is 0 Å². The average molecular weight is 84.1 g/mol. The fraction of sp³-hybridized carbons (Fsp3) is 0.800. The molecule has 0 atom stereocenters. The second-order valence-corrected chi connectivity index (χ2v) is 1.71. The second-order valence-electron chi connectivity index (χ2n) is 1.71. The van der Waals surface area contributed by atoms with Crippen LogP contribution in [0.1, 0.15) is 19.3 Å². The molecule has 6 heavy (non-hydrogen) atoms. The summed E-state index contributed by atoms with van der Waals surface area (Å²) in [6, 6.07) is 1.52. The zero-order valence-electron chi connectivity index (χ0n) is 4.12. The third-order valence-corrected chi connectivity index (χ3v) is 1.31. The number of nitrogens with one attached hydrogen (secondary N) is 1. The van der Waals surface area contributed by atoms with Crippen molar-refractivity contribution in [2.24, 2.45) is 0 Å². The van der Waals surface area contributed by atoms with Gasteiger partial charge in [0.05, 0.1) is 0 Å². The van der Waals surface area contributed by atoms with Crippen LogP contribution in [0.5, 0.6) is 0 Å². The van der Waals surface area contributed by atoms with Gasteiger partial charge in [0.1, 0.15) is 0 Å². The molecule has 0 aromatic rings. The van der Waals surface area contributed by atoms with Crippen LogP contribution in [0.4, 0.5) is 0 Å². The Morgan fingerprint density at radius 1 is 1.50 bits per heavy atom. The third kappa shape index (κ3) is 0.548. The summed E-state index contributed by atoms with van der Waals surface area (Å²) in [6.07, 6.45) is 4.03. The minimum Gasteiger partial charge on any atom is -0.313 e. The predicted octanol–water partition coefficient (Wildman–Crippen LogP) is 0.922. The lowest BCUT2D eigenvalue weighted by Gasteiger charge is -2.22. The van der Waals surface area contributed by atoms with Gasteiger partial charge >= 0.3 is 0 Å². The molecule has 0 aromatic carbocycles. The Morgan fingerprint density at radius 2 is 2.17 bits per heavy atom. The summed E-state index contributed by atoms with van der Waals surface area (Å²) in [4.78, 5) is 0. The first kappa shape index (κ1) is 4.13. The lowest BCUT2D eigenvalue weighted by molar-refractivity contribution is 0.488. The highest BCUT2D eigenvalue weighted by Crippen LogP contribution is 2.24. The number of hydrogen-bond acceptors (Lipinski definition) is 1. The zero-order chi connectivity index (χ0) is 4.41. The summed E-state index contributed by atoms with van der Waals surface area (Å²) in [7, 11) is 1.99. The zero-order valence-corrected chi connectivity index (χ0v) is 4.12. The van der Waals surface area contributed by atoms with Crippen LogP contribution >= 0.6 is 0 Å². The molecule has 1 aliphatic carbocycles. The Labute approximate surface area is 38.7 Å². The van der Waals surface area contributed by atoms with Crippen LogP contribution in [0.25, 0.3) is 0 Å². The molecule has 1 nitrogen and oxygen atoms in total. The summed E-state index contributed by atoms with van der Waals surface area (Å²) in [5.74, 6) is 0. The monoisotopic (exact) mass is 84.1 g/mol. The molecule has 1 saturated carbocycles. The van der Waals surface area contributed by atoms with E-state index >= 15 is 0 Å². The molecule has 0 saturated heterocycles. The highest BCUT2D eigenvalue weighted by atomic mass is 14.9. The molecule has 0 spiro atoms. The minimum absolute atomic E-state index is 1.32. The van der Waals surface area contributed by atoms with Gasteiger partial charge in [0.15, 0.2) is 0 Å². The molecule has 1 fully saturated rings. The van der Waals surface area contributed by atoms with Gasteiger partial charge in [-0.2, -0.15) is 0 Å². The molecule has 0 amide bonds. The van der Waals surface area contributed by atoms with Gasteiger partial charge in [0, 0.05) is 6.04 Å². The van der Waals surface area contributed by atoms with Crippen molar-refractivity contribution >= 4 is 0 Å². The summed E-state index contributed by atoms with van der Waals surface area (Å²) < 4.78 is 0. The molecule has 0 unspecified atom stereocenters. The topological polar surface area (TPSA) is 12.0 Å². The van der Waals surface area contributed by atoms with Crippen LogP contribution in [0.2, 0.25) is 0 Å². The molecular weight excluding hydrogens is 74.1 g/mol. The highest BCUT2D eigenvalue weighted by molar-refractivity contribution is 4.93. The largest absolute Gasteiger partial charge is 0.313 e. The molecule has 35 valence electrons. The van der Waals surface area contributed by atoms with Crippen molar-refractivity contribution in [3.63, 3.8) is 0 Å². The Hall–Kier alpha value is -0.0400.